The average molecular weight is 232 g/mol. The molecule has 16 heavy (non-hydrogen) atoms. The van der Waals surface area contributed by atoms with Crippen LogP contribution in [0.2, 0.25) is 0 Å². The number of aryl methyl sites for hydroxylation is 3. The molecule has 0 bridgehead atoms. The molecule has 2 aromatic rings. The minimum atomic E-state index is 0.507. The molecule has 0 fully saturated rings. The molecule has 84 valence electrons. The van der Waals surface area contributed by atoms with Crippen LogP contribution in [0.25, 0.3) is 10.4 Å². The minimum absolute atomic E-state index is 0.507. The Balaban J connectivity index is 2.57. The van der Waals surface area contributed by atoms with E-state index < -0.39 is 0 Å². The Morgan fingerprint density at radius 1 is 1.25 bits per heavy atom. The van der Waals surface area contributed by atoms with Crippen LogP contribution in [0.15, 0.2) is 18.2 Å². The Bertz CT molecular complexity index is 515. The molecular weight excluding hydrogens is 216 g/mol. The van der Waals surface area contributed by atoms with E-state index in [0.717, 1.165) is 10.7 Å². The van der Waals surface area contributed by atoms with Gasteiger partial charge < -0.3 is 5.73 Å². The zero-order valence-corrected chi connectivity index (χ0v) is 10.7. The van der Waals surface area contributed by atoms with Crippen molar-refractivity contribution in [3.63, 3.8) is 0 Å². The van der Waals surface area contributed by atoms with Crippen LogP contribution in [0.1, 0.15) is 21.8 Å². The van der Waals surface area contributed by atoms with Crippen molar-refractivity contribution in [1.29, 1.82) is 0 Å². The third-order valence-corrected chi connectivity index (χ3v) is 3.67. The van der Waals surface area contributed by atoms with Crippen LogP contribution in [0.5, 0.6) is 0 Å². The van der Waals surface area contributed by atoms with Crippen molar-refractivity contribution < 1.29 is 0 Å². The molecule has 1 heterocycles. The van der Waals surface area contributed by atoms with Gasteiger partial charge in [-0.3, -0.25) is 0 Å². The molecule has 2 rings (SSSR count). The first-order valence-electron chi connectivity index (χ1n) is 5.36. The monoisotopic (exact) mass is 232 g/mol. The first kappa shape index (κ1) is 11.3. The Morgan fingerprint density at radius 2 is 2.00 bits per heavy atom. The number of hydrogen-bond acceptors (Lipinski definition) is 3. The fraction of sp³-hybridized carbons (Fsp3) is 0.308. The lowest BCUT2D eigenvalue weighted by molar-refractivity contribution is 1.00. The van der Waals surface area contributed by atoms with Gasteiger partial charge >= 0.3 is 0 Å². The molecule has 2 N–H and O–H groups in total. The molecule has 0 spiro atoms. The topological polar surface area (TPSA) is 38.9 Å². The largest absolute Gasteiger partial charge is 0.325 e. The summed E-state index contributed by atoms with van der Waals surface area (Å²) in [5.41, 5.74) is 10.6. The molecule has 0 saturated carbocycles. The summed E-state index contributed by atoms with van der Waals surface area (Å²) in [5.74, 6) is 0. The van der Waals surface area contributed by atoms with Crippen LogP contribution in [-0.4, -0.2) is 4.98 Å². The van der Waals surface area contributed by atoms with E-state index in [-0.39, 0.29) is 0 Å². The van der Waals surface area contributed by atoms with Gasteiger partial charge in [0.1, 0.15) is 0 Å². The number of hydrogen-bond donors (Lipinski definition) is 1. The van der Waals surface area contributed by atoms with Gasteiger partial charge in [0, 0.05) is 6.54 Å². The highest BCUT2D eigenvalue weighted by Gasteiger charge is 2.11. The summed E-state index contributed by atoms with van der Waals surface area (Å²) in [6, 6.07) is 6.50. The summed E-state index contributed by atoms with van der Waals surface area (Å²) >= 11 is 1.72. The smallest absolute Gasteiger partial charge is 0.0904 e. The second-order valence-electron chi connectivity index (χ2n) is 4.03. The van der Waals surface area contributed by atoms with Crippen LogP contribution in [0.3, 0.4) is 0 Å². The van der Waals surface area contributed by atoms with Gasteiger partial charge in [-0.05, 0) is 31.9 Å². The maximum Gasteiger partial charge on any atom is 0.0904 e. The second-order valence-corrected chi connectivity index (χ2v) is 5.23. The quantitative estimate of drug-likeness (QED) is 0.863. The zero-order valence-electron chi connectivity index (χ0n) is 9.87. The van der Waals surface area contributed by atoms with Crippen molar-refractivity contribution >= 4 is 11.3 Å². The van der Waals surface area contributed by atoms with Crippen molar-refractivity contribution in [3.8, 4) is 10.4 Å². The summed E-state index contributed by atoms with van der Waals surface area (Å²) in [4.78, 5) is 5.68. The second kappa shape index (κ2) is 4.36. The summed E-state index contributed by atoms with van der Waals surface area (Å²) in [7, 11) is 0. The fourth-order valence-electron chi connectivity index (χ4n) is 1.89. The molecule has 0 amide bonds. The van der Waals surface area contributed by atoms with E-state index in [1.807, 2.05) is 6.92 Å². The summed E-state index contributed by atoms with van der Waals surface area (Å²) in [6.45, 7) is 6.78. The van der Waals surface area contributed by atoms with Crippen molar-refractivity contribution in [2.45, 2.75) is 27.3 Å². The first-order chi connectivity index (χ1) is 7.61. The maximum absolute atomic E-state index is 5.73. The van der Waals surface area contributed by atoms with Crippen molar-refractivity contribution in [2.75, 3.05) is 0 Å². The normalized spacial score (nSPS) is 10.8. The molecule has 1 aromatic heterocycles. The molecule has 0 saturated heterocycles. The Labute approximate surface area is 100 Å². The number of benzene rings is 1. The molecule has 2 nitrogen and oxygen atoms in total. The molecule has 0 unspecified atom stereocenters. The van der Waals surface area contributed by atoms with Gasteiger partial charge in [0.2, 0.25) is 0 Å². The lowest BCUT2D eigenvalue weighted by Gasteiger charge is -2.05. The van der Waals surface area contributed by atoms with Gasteiger partial charge in [-0.25, -0.2) is 4.98 Å². The van der Waals surface area contributed by atoms with Crippen molar-refractivity contribution in [2.24, 2.45) is 5.73 Å². The number of nitrogens with zero attached hydrogens (tertiary/aromatic N) is 1. The van der Waals surface area contributed by atoms with Gasteiger partial charge in [-0.15, -0.1) is 11.3 Å². The van der Waals surface area contributed by atoms with Gasteiger partial charge in [-0.1, -0.05) is 23.8 Å². The highest BCUT2D eigenvalue weighted by Crippen LogP contribution is 2.32. The van der Waals surface area contributed by atoms with Crippen molar-refractivity contribution in [3.05, 3.63) is 40.0 Å². The molecule has 1 aromatic carbocycles. The third kappa shape index (κ3) is 2.01. The summed E-state index contributed by atoms with van der Waals surface area (Å²) in [6.07, 6.45) is 0. The zero-order chi connectivity index (χ0) is 11.7. The van der Waals surface area contributed by atoms with Gasteiger partial charge in [-0.2, -0.15) is 0 Å². The van der Waals surface area contributed by atoms with E-state index in [1.54, 1.807) is 11.3 Å². The first-order valence-corrected chi connectivity index (χ1v) is 6.17. The molecular formula is C13H16N2S. The highest BCUT2D eigenvalue weighted by molar-refractivity contribution is 7.15. The molecule has 0 aliphatic carbocycles. The van der Waals surface area contributed by atoms with Crippen LogP contribution >= 0.6 is 11.3 Å². The Hall–Kier alpha value is -1.19. The van der Waals surface area contributed by atoms with Gasteiger partial charge in [0.05, 0.1) is 15.6 Å². The molecule has 0 aliphatic heterocycles. The lowest BCUT2D eigenvalue weighted by Crippen LogP contribution is -1.98. The van der Waals surface area contributed by atoms with Crippen LogP contribution < -0.4 is 5.73 Å². The van der Waals surface area contributed by atoms with E-state index in [2.05, 4.69) is 37.0 Å². The number of thiazole rings is 1. The number of nitrogens with two attached hydrogens (primary N) is 1. The van der Waals surface area contributed by atoms with E-state index >= 15 is 0 Å². The van der Waals surface area contributed by atoms with Gasteiger partial charge in [0.15, 0.2) is 0 Å². The fourth-order valence-corrected chi connectivity index (χ4v) is 2.92. The van der Waals surface area contributed by atoms with E-state index in [9.17, 15) is 0 Å². The van der Waals surface area contributed by atoms with E-state index in [1.165, 1.54) is 21.6 Å². The van der Waals surface area contributed by atoms with Gasteiger partial charge in [0.25, 0.3) is 0 Å². The van der Waals surface area contributed by atoms with E-state index in [0.29, 0.717) is 6.54 Å². The Morgan fingerprint density at radius 3 is 2.62 bits per heavy atom. The third-order valence-electron chi connectivity index (χ3n) is 2.62. The Kier molecular flexibility index (Phi) is 3.08. The van der Waals surface area contributed by atoms with Crippen molar-refractivity contribution in [1.82, 2.24) is 4.98 Å². The SMILES string of the molecule is Cc1ccc(-c2sc(C)nc2CN)c(C)c1. The van der Waals surface area contributed by atoms with Crippen LogP contribution in [0.4, 0.5) is 0 Å². The predicted molar refractivity (Wildman–Crippen MR) is 69.7 cm³/mol. The predicted octanol–water partition coefficient (Wildman–Crippen LogP) is 3.19. The maximum atomic E-state index is 5.73. The molecule has 3 heteroatoms. The lowest BCUT2D eigenvalue weighted by atomic mass is 10.0. The number of aromatic nitrogens is 1. The number of rotatable bonds is 2. The highest BCUT2D eigenvalue weighted by atomic mass is 32.1. The van der Waals surface area contributed by atoms with E-state index in [4.69, 9.17) is 5.73 Å². The standard InChI is InChI=1S/C13H16N2S/c1-8-4-5-11(9(2)6-8)13-12(7-14)15-10(3)16-13/h4-6H,7,14H2,1-3H3. The van der Waals surface area contributed by atoms with Crippen LogP contribution in [-0.2, 0) is 6.54 Å². The summed E-state index contributed by atoms with van der Waals surface area (Å²) in [5, 5.41) is 1.08. The van der Waals surface area contributed by atoms with Crippen LogP contribution in [0, 0.1) is 20.8 Å². The molecule has 0 atom stereocenters. The summed E-state index contributed by atoms with van der Waals surface area (Å²) < 4.78 is 0. The molecule has 0 radical (unpaired) electrons. The average Bonchev–Trinajstić information content (AvgIpc) is 2.59. The molecule has 0 aliphatic rings. The minimum Gasteiger partial charge on any atom is -0.325 e.